The number of rotatable bonds is 15. The first kappa shape index (κ1) is 23.2. The van der Waals surface area contributed by atoms with Gasteiger partial charge >= 0.3 is 0 Å². The smallest absolute Gasteiger partial charge is 0.0266 e. The highest BCUT2D eigenvalue weighted by Crippen LogP contribution is 2.34. The monoisotopic (exact) mass is 332 g/mol. The molecule has 0 heteroatoms. The van der Waals surface area contributed by atoms with E-state index in [1.54, 1.807) is 5.57 Å². The molecule has 0 saturated heterocycles. The SMILES string of the molecule is C=C(C)CC(C)(C)CC(=CCCCCCC)CCCCC(=C)CC. The normalized spacial score (nSPS) is 12.5. The van der Waals surface area contributed by atoms with Crippen LogP contribution in [0.15, 0.2) is 36.0 Å². The maximum absolute atomic E-state index is 4.14. The van der Waals surface area contributed by atoms with Gasteiger partial charge in [0, 0.05) is 0 Å². The zero-order chi connectivity index (χ0) is 18.4. The fourth-order valence-electron chi connectivity index (χ4n) is 3.54. The number of unbranched alkanes of at least 4 members (excludes halogenated alkanes) is 5. The van der Waals surface area contributed by atoms with Gasteiger partial charge in [-0.05, 0) is 70.1 Å². The molecule has 0 aliphatic carbocycles. The van der Waals surface area contributed by atoms with Crippen molar-refractivity contribution < 1.29 is 0 Å². The van der Waals surface area contributed by atoms with E-state index in [2.05, 4.69) is 53.9 Å². The first-order valence-corrected chi connectivity index (χ1v) is 10.3. The third-order valence-corrected chi connectivity index (χ3v) is 4.75. The molecule has 24 heavy (non-hydrogen) atoms. The second kappa shape index (κ2) is 13.5. The highest BCUT2D eigenvalue weighted by atomic mass is 14.2. The summed E-state index contributed by atoms with van der Waals surface area (Å²) in [6, 6.07) is 0. The molecular weight excluding hydrogens is 288 g/mol. The average molecular weight is 333 g/mol. The predicted molar refractivity (Wildman–Crippen MR) is 113 cm³/mol. The largest absolute Gasteiger partial charge is 0.100 e. The molecule has 0 atom stereocenters. The first-order chi connectivity index (χ1) is 11.3. The minimum atomic E-state index is 0.341. The average Bonchev–Trinajstić information content (AvgIpc) is 2.48. The van der Waals surface area contributed by atoms with Crippen LogP contribution >= 0.6 is 0 Å². The molecule has 0 fully saturated rings. The van der Waals surface area contributed by atoms with Crippen LogP contribution in [0.25, 0.3) is 0 Å². The molecule has 0 aromatic carbocycles. The van der Waals surface area contributed by atoms with Crippen molar-refractivity contribution in [1.82, 2.24) is 0 Å². The summed E-state index contributed by atoms with van der Waals surface area (Å²) in [5, 5.41) is 0. The van der Waals surface area contributed by atoms with Gasteiger partial charge in [0.2, 0.25) is 0 Å². The summed E-state index contributed by atoms with van der Waals surface area (Å²) in [7, 11) is 0. The molecule has 0 aromatic heterocycles. The van der Waals surface area contributed by atoms with Crippen molar-refractivity contribution in [3.05, 3.63) is 36.0 Å². The third kappa shape index (κ3) is 13.6. The Morgan fingerprint density at radius 1 is 0.875 bits per heavy atom. The van der Waals surface area contributed by atoms with Crippen molar-refractivity contribution in [1.29, 1.82) is 0 Å². The molecule has 0 aliphatic heterocycles. The number of hydrogen-bond donors (Lipinski definition) is 0. The van der Waals surface area contributed by atoms with Gasteiger partial charge in [0.15, 0.2) is 0 Å². The predicted octanol–water partition coefficient (Wildman–Crippen LogP) is 8.79. The Bertz CT molecular complexity index is 381. The van der Waals surface area contributed by atoms with Crippen molar-refractivity contribution in [2.24, 2.45) is 5.41 Å². The molecular formula is C24H44. The zero-order valence-corrected chi connectivity index (χ0v) is 17.5. The van der Waals surface area contributed by atoms with Crippen LogP contribution < -0.4 is 0 Å². The fourth-order valence-corrected chi connectivity index (χ4v) is 3.54. The van der Waals surface area contributed by atoms with E-state index in [0.717, 1.165) is 12.8 Å². The number of allylic oxidation sites excluding steroid dienone is 4. The molecule has 0 spiro atoms. The van der Waals surface area contributed by atoms with Crippen LogP contribution in [0.1, 0.15) is 112 Å². The summed E-state index contributed by atoms with van der Waals surface area (Å²) in [5.74, 6) is 0. The Balaban J connectivity index is 4.49. The van der Waals surface area contributed by atoms with Gasteiger partial charge in [0.1, 0.15) is 0 Å². The van der Waals surface area contributed by atoms with Crippen LogP contribution in [-0.4, -0.2) is 0 Å². The topological polar surface area (TPSA) is 0 Å². The van der Waals surface area contributed by atoms with Crippen LogP contribution in [-0.2, 0) is 0 Å². The van der Waals surface area contributed by atoms with Gasteiger partial charge in [-0.25, -0.2) is 0 Å². The molecule has 0 nitrogen and oxygen atoms in total. The van der Waals surface area contributed by atoms with Gasteiger partial charge in [0.05, 0.1) is 0 Å². The van der Waals surface area contributed by atoms with Crippen LogP contribution in [0, 0.1) is 5.41 Å². The highest BCUT2D eigenvalue weighted by molar-refractivity contribution is 5.07. The van der Waals surface area contributed by atoms with Crippen molar-refractivity contribution in [2.75, 3.05) is 0 Å². The van der Waals surface area contributed by atoms with Crippen molar-refractivity contribution in [3.8, 4) is 0 Å². The lowest BCUT2D eigenvalue weighted by Crippen LogP contribution is -2.13. The first-order valence-electron chi connectivity index (χ1n) is 10.3. The molecule has 0 unspecified atom stereocenters. The van der Waals surface area contributed by atoms with E-state index in [1.165, 1.54) is 75.4 Å². The van der Waals surface area contributed by atoms with Gasteiger partial charge in [-0.2, -0.15) is 0 Å². The number of hydrogen-bond acceptors (Lipinski definition) is 0. The van der Waals surface area contributed by atoms with E-state index in [4.69, 9.17) is 0 Å². The Hall–Kier alpha value is -0.780. The maximum Gasteiger partial charge on any atom is -0.0266 e. The quantitative estimate of drug-likeness (QED) is 0.207. The fraction of sp³-hybridized carbons (Fsp3) is 0.750. The van der Waals surface area contributed by atoms with Crippen molar-refractivity contribution >= 4 is 0 Å². The Morgan fingerprint density at radius 2 is 1.54 bits per heavy atom. The van der Waals surface area contributed by atoms with Crippen LogP contribution in [0.2, 0.25) is 0 Å². The molecule has 0 bridgehead atoms. The highest BCUT2D eigenvalue weighted by Gasteiger charge is 2.19. The standard InChI is InChI=1S/C24H44/c1-8-10-11-12-13-17-23(18-15-14-16-22(5)9-2)20-24(6,7)19-21(3)4/h17H,3,5,8-16,18-20H2,1-2,4,6-7H3. The van der Waals surface area contributed by atoms with E-state index in [-0.39, 0.29) is 0 Å². The minimum absolute atomic E-state index is 0.341. The van der Waals surface area contributed by atoms with Crippen molar-refractivity contribution in [3.63, 3.8) is 0 Å². The second-order valence-electron chi connectivity index (χ2n) is 8.50. The molecule has 0 saturated carbocycles. The van der Waals surface area contributed by atoms with Crippen LogP contribution in [0.3, 0.4) is 0 Å². The summed E-state index contributed by atoms with van der Waals surface area (Å²) in [5.41, 5.74) is 4.73. The lowest BCUT2D eigenvalue weighted by molar-refractivity contribution is 0.353. The van der Waals surface area contributed by atoms with Crippen molar-refractivity contribution in [2.45, 2.75) is 112 Å². The Kier molecular flexibility index (Phi) is 13.1. The van der Waals surface area contributed by atoms with Gasteiger partial charge in [0.25, 0.3) is 0 Å². The van der Waals surface area contributed by atoms with Gasteiger partial charge in [-0.15, -0.1) is 6.58 Å². The molecule has 0 amide bonds. The summed E-state index contributed by atoms with van der Waals surface area (Å²) < 4.78 is 0. The Labute approximate surface area is 153 Å². The third-order valence-electron chi connectivity index (χ3n) is 4.75. The Morgan fingerprint density at radius 3 is 2.12 bits per heavy atom. The molecule has 140 valence electrons. The molecule has 0 aliphatic rings. The van der Waals surface area contributed by atoms with E-state index in [1.807, 2.05) is 0 Å². The molecule has 0 radical (unpaired) electrons. The van der Waals surface area contributed by atoms with Crippen LogP contribution in [0.4, 0.5) is 0 Å². The van der Waals surface area contributed by atoms with E-state index < -0.39 is 0 Å². The van der Waals surface area contributed by atoms with E-state index in [9.17, 15) is 0 Å². The summed E-state index contributed by atoms with van der Waals surface area (Å²) >= 11 is 0. The molecule has 0 aromatic rings. The molecule has 0 N–H and O–H groups in total. The molecule has 0 rings (SSSR count). The van der Waals surface area contributed by atoms with Gasteiger partial charge in [-0.3, -0.25) is 0 Å². The maximum atomic E-state index is 4.14. The summed E-state index contributed by atoms with van der Waals surface area (Å²) in [4.78, 5) is 0. The zero-order valence-electron chi connectivity index (χ0n) is 17.5. The van der Waals surface area contributed by atoms with Crippen LogP contribution in [0.5, 0.6) is 0 Å². The molecule has 0 heterocycles. The lowest BCUT2D eigenvalue weighted by Gasteiger charge is -2.26. The summed E-state index contributed by atoms with van der Waals surface area (Å²) in [6.45, 7) is 19.7. The van der Waals surface area contributed by atoms with Gasteiger partial charge in [-0.1, -0.05) is 76.3 Å². The minimum Gasteiger partial charge on any atom is -0.100 e. The van der Waals surface area contributed by atoms with Gasteiger partial charge < -0.3 is 0 Å². The summed E-state index contributed by atoms with van der Waals surface area (Å²) in [6.07, 6.45) is 17.8. The van der Waals surface area contributed by atoms with E-state index in [0.29, 0.717) is 5.41 Å². The lowest BCUT2D eigenvalue weighted by atomic mass is 9.79. The van der Waals surface area contributed by atoms with E-state index >= 15 is 0 Å². The second-order valence-corrected chi connectivity index (χ2v) is 8.50.